The number of piperazine rings is 1. The number of carbonyl (C=O) groups excluding carboxylic acids is 1. The Bertz CT molecular complexity index is 1370. The Balaban J connectivity index is 1.45. The predicted molar refractivity (Wildman–Crippen MR) is 132 cm³/mol. The van der Waals surface area contributed by atoms with Gasteiger partial charge in [-0.25, -0.2) is 15.0 Å². The van der Waals surface area contributed by atoms with Crippen molar-refractivity contribution in [2.75, 3.05) is 43.5 Å². The summed E-state index contributed by atoms with van der Waals surface area (Å²) in [4.78, 5) is 38.1. The standard InChI is InChI=1S/C22H21ClN8O2S/c1-12-7-13(14-8-18(23)26-11-17(14)33-2)15(9-25-12)19(32)29-22-28-16-10-27-21(30-20(16)34-22)31-5-3-24-4-6-31/h7-11,24H,3-6H2,1-2H3,(H,28,29,32). The van der Waals surface area contributed by atoms with Crippen LogP contribution in [0.3, 0.4) is 0 Å². The minimum Gasteiger partial charge on any atom is -0.494 e. The summed E-state index contributed by atoms with van der Waals surface area (Å²) in [7, 11) is 1.54. The molecule has 10 nitrogen and oxygen atoms in total. The van der Waals surface area contributed by atoms with Crippen LogP contribution in [0.1, 0.15) is 16.1 Å². The first-order chi connectivity index (χ1) is 16.5. The second-order valence-corrected chi connectivity index (χ2v) is 9.01. The molecule has 0 bridgehead atoms. The summed E-state index contributed by atoms with van der Waals surface area (Å²) in [5.41, 5.74) is 3.02. The van der Waals surface area contributed by atoms with E-state index in [9.17, 15) is 4.79 Å². The molecule has 2 N–H and O–H groups in total. The van der Waals surface area contributed by atoms with Crippen molar-refractivity contribution in [3.63, 3.8) is 0 Å². The largest absolute Gasteiger partial charge is 0.494 e. The van der Waals surface area contributed by atoms with Gasteiger partial charge in [0.05, 0.1) is 25.1 Å². The van der Waals surface area contributed by atoms with E-state index in [1.165, 1.54) is 23.7 Å². The molecule has 4 aromatic rings. The van der Waals surface area contributed by atoms with Gasteiger partial charge >= 0.3 is 0 Å². The number of ether oxygens (including phenoxy) is 1. The van der Waals surface area contributed by atoms with Crippen LogP contribution in [0.4, 0.5) is 11.1 Å². The number of hydrogen-bond acceptors (Lipinski definition) is 10. The molecule has 1 aliphatic rings. The lowest BCUT2D eigenvalue weighted by molar-refractivity contribution is 0.102. The van der Waals surface area contributed by atoms with E-state index in [4.69, 9.17) is 16.3 Å². The average molecular weight is 497 g/mol. The predicted octanol–water partition coefficient (Wildman–Crippen LogP) is 3.18. The highest BCUT2D eigenvalue weighted by Gasteiger charge is 2.20. The van der Waals surface area contributed by atoms with Crippen LogP contribution in [-0.4, -0.2) is 64.1 Å². The van der Waals surface area contributed by atoms with Gasteiger partial charge in [-0.15, -0.1) is 0 Å². The minimum atomic E-state index is -0.355. The molecule has 0 aromatic carbocycles. The van der Waals surface area contributed by atoms with Gasteiger partial charge < -0.3 is 15.0 Å². The fourth-order valence-corrected chi connectivity index (χ4v) is 4.67. The Morgan fingerprint density at radius 1 is 1.12 bits per heavy atom. The lowest BCUT2D eigenvalue weighted by Crippen LogP contribution is -2.44. The van der Waals surface area contributed by atoms with Crippen molar-refractivity contribution in [1.29, 1.82) is 0 Å². The maximum Gasteiger partial charge on any atom is 0.259 e. The zero-order chi connectivity index (χ0) is 23.7. The maximum absolute atomic E-state index is 13.3. The molecule has 5 heterocycles. The number of nitrogens with one attached hydrogen (secondary N) is 2. The Hall–Kier alpha value is -3.41. The Kier molecular flexibility index (Phi) is 6.22. The van der Waals surface area contributed by atoms with Gasteiger partial charge in [0.15, 0.2) is 9.96 Å². The molecule has 5 rings (SSSR count). The number of pyridine rings is 2. The van der Waals surface area contributed by atoms with E-state index < -0.39 is 0 Å². The third kappa shape index (κ3) is 4.49. The zero-order valence-electron chi connectivity index (χ0n) is 18.5. The molecule has 12 heteroatoms. The first-order valence-electron chi connectivity index (χ1n) is 10.6. The number of aryl methyl sites for hydroxylation is 1. The summed E-state index contributed by atoms with van der Waals surface area (Å²) in [6, 6.07) is 3.48. The lowest BCUT2D eigenvalue weighted by atomic mass is 10.0. The number of amides is 1. The smallest absolute Gasteiger partial charge is 0.259 e. The van der Waals surface area contributed by atoms with Crippen molar-refractivity contribution in [2.45, 2.75) is 6.92 Å². The number of aromatic nitrogens is 5. The molecule has 0 unspecified atom stereocenters. The summed E-state index contributed by atoms with van der Waals surface area (Å²) in [5.74, 6) is 0.814. The molecule has 0 aliphatic carbocycles. The van der Waals surface area contributed by atoms with E-state index in [0.717, 1.165) is 31.9 Å². The monoisotopic (exact) mass is 496 g/mol. The van der Waals surface area contributed by atoms with E-state index in [1.807, 2.05) is 13.0 Å². The molecular weight excluding hydrogens is 476 g/mol. The van der Waals surface area contributed by atoms with E-state index in [2.05, 4.69) is 40.5 Å². The van der Waals surface area contributed by atoms with Crippen molar-refractivity contribution < 1.29 is 9.53 Å². The Labute approximate surface area is 204 Å². The van der Waals surface area contributed by atoms with Crippen LogP contribution in [0.2, 0.25) is 5.15 Å². The number of methoxy groups -OCH3 is 1. The molecule has 0 spiro atoms. The highest BCUT2D eigenvalue weighted by Crippen LogP contribution is 2.34. The van der Waals surface area contributed by atoms with Crippen LogP contribution in [0.25, 0.3) is 21.5 Å². The third-order valence-electron chi connectivity index (χ3n) is 5.39. The summed E-state index contributed by atoms with van der Waals surface area (Å²) in [5, 5.41) is 6.91. The summed E-state index contributed by atoms with van der Waals surface area (Å²) in [6.45, 7) is 5.33. The Morgan fingerprint density at radius 3 is 2.74 bits per heavy atom. The molecule has 174 valence electrons. The maximum atomic E-state index is 13.3. The van der Waals surface area contributed by atoms with Crippen LogP contribution in [-0.2, 0) is 0 Å². The second kappa shape index (κ2) is 9.45. The normalized spacial score (nSPS) is 13.8. The fraction of sp³-hybridized carbons (Fsp3) is 0.273. The van der Waals surface area contributed by atoms with Gasteiger partial charge in [-0.1, -0.05) is 22.9 Å². The molecule has 0 saturated carbocycles. The molecule has 1 saturated heterocycles. The van der Waals surface area contributed by atoms with E-state index in [1.54, 1.807) is 19.4 Å². The van der Waals surface area contributed by atoms with E-state index >= 15 is 0 Å². The van der Waals surface area contributed by atoms with E-state index in [0.29, 0.717) is 49.0 Å². The Morgan fingerprint density at radius 2 is 1.94 bits per heavy atom. The quantitative estimate of drug-likeness (QED) is 0.401. The molecule has 0 atom stereocenters. The highest BCUT2D eigenvalue weighted by atomic mass is 35.5. The van der Waals surface area contributed by atoms with Crippen molar-refractivity contribution in [3.05, 3.63) is 47.1 Å². The van der Waals surface area contributed by atoms with Gasteiger partial charge in [0.1, 0.15) is 16.4 Å². The van der Waals surface area contributed by atoms with Crippen LogP contribution >= 0.6 is 22.9 Å². The summed E-state index contributed by atoms with van der Waals surface area (Å²) >= 11 is 7.43. The van der Waals surface area contributed by atoms with Gasteiger partial charge in [-0.2, -0.15) is 4.98 Å². The summed E-state index contributed by atoms with van der Waals surface area (Å²) < 4.78 is 5.44. The lowest BCUT2D eigenvalue weighted by Gasteiger charge is -2.26. The van der Waals surface area contributed by atoms with Gasteiger partial charge in [0.25, 0.3) is 5.91 Å². The number of anilines is 2. The third-order valence-corrected chi connectivity index (χ3v) is 6.48. The van der Waals surface area contributed by atoms with Crippen molar-refractivity contribution in [1.82, 2.24) is 30.2 Å². The number of halogens is 1. The summed E-state index contributed by atoms with van der Waals surface area (Å²) in [6.07, 6.45) is 4.75. The molecule has 4 aromatic heterocycles. The van der Waals surface area contributed by atoms with Crippen LogP contribution in [0.5, 0.6) is 5.75 Å². The molecule has 34 heavy (non-hydrogen) atoms. The number of carbonyl (C=O) groups is 1. The number of nitrogens with zero attached hydrogens (tertiary/aromatic N) is 6. The van der Waals surface area contributed by atoms with Crippen LogP contribution in [0, 0.1) is 6.92 Å². The fourth-order valence-electron chi connectivity index (χ4n) is 3.72. The first-order valence-corrected chi connectivity index (χ1v) is 11.8. The zero-order valence-corrected chi connectivity index (χ0v) is 20.1. The number of fused-ring (bicyclic) bond motifs is 1. The number of thiazole rings is 1. The molecule has 1 aliphatic heterocycles. The molecule has 1 fully saturated rings. The number of rotatable bonds is 5. The van der Waals surface area contributed by atoms with Crippen molar-refractivity contribution in [3.8, 4) is 16.9 Å². The van der Waals surface area contributed by atoms with Crippen molar-refractivity contribution in [2.24, 2.45) is 0 Å². The first kappa shape index (κ1) is 22.4. The minimum absolute atomic E-state index is 0.293. The topological polar surface area (TPSA) is 118 Å². The molecule has 1 amide bonds. The van der Waals surface area contributed by atoms with Crippen LogP contribution in [0.15, 0.2) is 30.7 Å². The highest BCUT2D eigenvalue weighted by molar-refractivity contribution is 7.22. The SMILES string of the molecule is COc1cnc(Cl)cc1-c1cc(C)ncc1C(=O)Nc1nc2cnc(N3CCNCC3)nc2s1. The van der Waals surface area contributed by atoms with Crippen molar-refractivity contribution >= 4 is 50.3 Å². The van der Waals surface area contributed by atoms with Gasteiger partial charge in [-0.3, -0.25) is 15.1 Å². The van der Waals surface area contributed by atoms with Gasteiger partial charge in [-0.05, 0) is 19.1 Å². The second-order valence-electron chi connectivity index (χ2n) is 7.65. The van der Waals surface area contributed by atoms with E-state index in [-0.39, 0.29) is 5.91 Å². The number of hydrogen-bond donors (Lipinski definition) is 2. The van der Waals surface area contributed by atoms with Crippen LogP contribution < -0.4 is 20.3 Å². The molecule has 0 radical (unpaired) electrons. The molecular formula is C22H21ClN8O2S. The van der Waals surface area contributed by atoms with Gasteiger partial charge in [0.2, 0.25) is 5.95 Å². The average Bonchev–Trinajstić information content (AvgIpc) is 3.25. The van der Waals surface area contributed by atoms with Gasteiger partial charge in [0, 0.05) is 49.2 Å².